The molecule has 29 heavy (non-hydrogen) atoms. The van der Waals surface area contributed by atoms with Crippen molar-refractivity contribution in [2.45, 2.75) is 36.6 Å². The molecule has 0 spiro atoms. The second-order valence-electron chi connectivity index (χ2n) is 7.31. The van der Waals surface area contributed by atoms with Gasteiger partial charge < -0.3 is 4.98 Å². The number of thiophene rings is 1. The summed E-state index contributed by atoms with van der Waals surface area (Å²) in [6.45, 7) is 0. The molecule has 0 unspecified atom stereocenters. The molecule has 0 atom stereocenters. The quantitative estimate of drug-likeness (QED) is 0.263. The molecule has 0 bridgehead atoms. The Hall–Kier alpha value is -1.89. The minimum atomic E-state index is -0.0534. The second-order valence-corrected chi connectivity index (χ2v) is 10.0. The summed E-state index contributed by atoms with van der Waals surface area (Å²) in [5, 5.41) is 3.45. The molecule has 0 saturated carbocycles. The Kier molecular flexibility index (Phi) is 5.33. The Bertz CT molecular complexity index is 1240. The van der Waals surface area contributed by atoms with E-state index in [4.69, 9.17) is 4.98 Å². The molecule has 0 fully saturated rings. The van der Waals surface area contributed by atoms with Gasteiger partial charge in [0.2, 0.25) is 0 Å². The van der Waals surface area contributed by atoms with Crippen LogP contribution in [0.5, 0.6) is 0 Å². The van der Waals surface area contributed by atoms with E-state index >= 15 is 0 Å². The summed E-state index contributed by atoms with van der Waals surface area (Å²) in [6.07, 6.45) is 4.83. The molecule has 1 N–H and O–H groups in total. The first-order chi connectivity index (χ1) is 14.2. The van der Waals surface area contributed by atoms with Crippen molar-refractivity contribution >= 4 is 49.2 Å². The molecule has 2 aromatic carbocycles. The van der Waals surface area contributed by atoms with Crippen molar-refractivity contribution in [3.63, 3.8) is 0 Å². The van der Waals surface area contributed by atoms with E-state index in [1.807, 2.05) is 12.1 Å². The maximum absolute atomic E-state index is 12.9. The summed E-state index contributed by atoms with van der Waals surface area (Å²) in [5.41, 5.74) is 6.15. The molecule has 2 aromatic heterocycles. The van der Waals surface area contributed by atoms with Crippen LogP contribution >= 0.6 is 39.0 Å². The number of nitrogens with zero attached hydrogens (tertiary/aromatic N) is 1. The van der Waals surface area contributed by atoms with E-state index in [0.717, 1.165) is 32.6 Å². The fraction of sp³-hybridized carbons (Fsp3) is 0.217. The molecule has 0 aliphatic heterocycles. The van der Waals surface area contributed by atoms with Crippen molar-refractivity contribution in [1.29, 1.82) is 0 Å². The van der Waals surface area contributed by atoms with E-state index in [2.05, 4.69) is 56.6 Å². The first-order valence-electron chi connectivity index (χ1n) is 9.68. The number of thioether (sulfide) groups is 1. The molecule has 1 aliphatic carbocycles. The zero-order valence-corrected chi connectivity index (χ0v) is 18.9. The van der Waals surface area contributed by atoms with E-state index < -0.39 is 0 Å². The molecule has 2 heterocycles. The first-order valence-corrected chi connectivity index (χ1v) is 12.3. The smallest absolute Gasteiger partial charge is 0.260 e. The Morgan fingerprint density at radius 3 is 2.69 bits per heavy atom. The summed E-state index contributed by atoms with van der Waals surface area (Å²) in [4.78, 5) is 21.4. The van der Waals surface area contributed by atoms with E-state index in [1.165, 1.54) is 36.0 Å². The van der Waals surface area contributed by atoms with E-state index in [9.17, 15) is 4.79 Å². The van der Waals surface area contributed by atoms with Gasteiger partial charge in [-0.15, -0.1) is 11.3 Å². The van der Waals surface area contributed by atoms with Crippen LogP contribution in [0.25, 0.3) is 21.3 Å². The van der Waals surface area contributed by atoms with Crippen molar-refractivity contribution in [1.82, 2.24) is 9.97 Å². The van der Waals surface area contributed by atoms with Gasteiger partial charge in [-0.1, -0.05) is 58.0 Å². The van der Waals surface area contributed by atoms with E-state index in [0.29, 0.717) is 10.5 Å². The first kappa shape index (κ1) is 19.1. The summed E-state index contributed by atoms with van der Waals surface area (Å²) >= 11 is 6.56. The van der Waals surface area contributed by atoms with Crippen LogP contribution in [-0.2, 0) is 18.6 Å². The number of H-pyrrole nitrogens is 1. The zero-order chi connectivity index (χ0) is 19.8. The second kappa shape index (κ2) is 8.09. The monoisotopic (exact) mass is 482 g/mol. The third kappa shape index (κ3) is 3.93. The van der Waals surface area contributed by atoms with Crippen molar-refractivity contribution in [2.75, 3.05) is 0 Å². The van der Waals surface area contributed by atoms with Gasteiger partial charge in [0.25, 0.3) is 5.56 Å². The molecule has 1 aliphatic rings. The number of benzene rings is 2. The van der Waals surface area contributed by atoms with E-state index in [-0.39, 0.29) is 5.56 Å². The molecule has 4 aromatic rings. The predicted molar refractivity (Wildman–Crippen MR) is 126 cm³/mol. The maximum atomic E-state index is 12.9. The number of fused-ring (bicyclic) bond motifs is 2. The Morgan fingerprint density at radius 2 is 1.86 bits per heavy atom. The average molecular weight is 483 g/mol. The molecular formula is C23H19BrN2OS2. The van der Waals surface area contributed by atoms with Gasteiger partial charge in [-0.2, -0.15) is 0 Å². The highest BCUT2D eigenvalue weighted by atomic mass is 79.9. The number of rotatable bonds is 4. The number of aromatic amines is 1. The summed E-state index contributed by atoms with van der Waals surface area (Å²) < 4.78 is 1.06. The van der Waals surface area contributed by atoms with Gasteiger partial charge in [0.15, 0.2) is 5.16 Å². The van der Waals surface area contributed by atoms with Crippen molar-refractivity contribution in [2.24, 2.45) is 0 Å². The normalized spacial score (nSPS) is 13.6. The lowest BCUT2D eigenvalue weighted by atomic mass is 9.89. The number of aryl methyl sites for hydroxylation is 2. The van der Waals surface area contributed by atoms with Crippen molar-refractivity contribution in [3.8, 4) is 11.1 Å². The molecule has 6 heteroatoms. The fourth-order valence-corrected chi connectivity index (χ4v) is 5.93. The molecule has 0 radical (unpaired) electrons. The number of hydrogen-bond acceptors (Lipinski definition) is 4. The van der Waals surface area contributed by atoms with Crippen LogP contribution in [0, 0.1) is 0 Å². The number of halogens is 1. The highest BCUT2D eigenvalue weighted by Gasteiger charge is 2.16. The molecule has 0 saturated heterocycles. The fourth-order valence-electron chi connectivity index (χ4n) is 3.84. The van der Waals surface area contributed by atoms with Crippen LogP contribution in [0.4, 0.5) is 0 Å². The van der Waals surface area contributed by atoms with Gasteiger partial charge in [-0.05, 0) is 60.1 Å². The van der Waals surface area contributed by atoms with Gasteiger partial charge in [-0.3, -0.25) is 4.79 Å². The van der Waals surface area contributed by atoms with Crippen LogP contribution in [0.3, 0.4) is 0 Å². The van der Waals surface area contributed by atoms with Gasteiger partial charge in [-0.25, -0.2) is 4.98 Å². The lowest BCUT2D eigenvalue weighted by molar-refractivity contribution is 0.686. The highest BCUT2D eigenvalue weighted by molar-refractivity contribution is 9.10. The maximum Gasteiger partial charge on any atom is 0.260 e. The van der Waals surface area contributed by atoms with Gasteiger partial charge in [0, 0.05) is 21.2 Å². The molecule has 5 rings (SSSR count). The number of hydrogen-bond donors (Lipinski definition) is 1. The van der Waals surface area contributed by atoms with Crippen molar-refractivity contribution < 1.29 is 0 Å². The van der Waals surface area contributed by atoms with Crippen LogP contribution in [-0.4, -0.2) is 9.97 Å². The minimum absolute atomic E-state index is 0.0534. The highest BCUT2D eigenvalue weighted by Crippen LogP contribution is 2.34. The topological polar surface area (TPSA) is 45.8 Å². The SMILES string of the molecule is O=c1[nH]c(SCc2ccc(Br)cc2)nc2scc(-c3ccc4c(c3)CCCC4)c12. The minimum Gasteiger partial charge on any atom is -0.301 e. The molecule has 146 valence electrons. The van der Waals surface area contributed by atoms with Crippen LogP contribution in [0.1, 0.15) is 29.5 Å². The Morgan fingerprint density at radius 1 is 1.07 bits per heavy atom. The summed E-state index contributed by atoms with van der Waals surface area (Å²) in [7, 11) is 0. The third-order valence-electron chi connectivity index (χ3n) is 5.37. The van der Waals surface area contributed by atoms with Gasteiger partial charge in [0.1, 0.15) is 4.83 Å². The zero-order valence-electron chi connectivity index (χ0n) is 15.7. The molecular weight excluding hydrogens is 464 g/mol. The summed E-state index contributed by atoms with van der Waals surface area (Å²) in [5.74, 6) is 0.769. The van der Waals surface area contributed by atoms with Gasteiger partial charge in [0.05, 0.1) is 5.39 Å². The standard InChI is InChI=1S/C23H19BrN2OS2/c24-18-9-5-14(6-10-18)12-29-23-25-21(27)20-19(13-28-22(20)26-23)17-8-7-15-3-1-2-4-16(15)11-17/h5-11,13H,1-4,12H2,(H,25,26,27). The molecule has 3 nitrogen and oxygen atoms in total. The summed E-state index contributed by atoms with van der Waals surface area (Å²) in [6, 6.07) is 14.9. The Labute approximate surface area is 185 Å². The average Bonchev–Trinajstić information content (AvgIpc) is 3.18. The molecule has 0 amide bonds. The lowest BCUT2D eigenvalue weighted by Gasteiger charge is -2.16. The van der Waals surface area contributed by atoms with E-state index in [1.54, 1.807) is 23.1 Å². The number of nitrogens with one attached hydrogen (secondary N) is 1. The van der Waals surface area contributed by atoms with Crippen LogP contribution < -0.4 is 5.56 Å². The Balaban J connectivity index is 1.45. The van der Waals surface area contributed by atoms with Crippen molar-refractivity contribution in [3.05, 3.63) is 79.4 Å². The lowest BCUT2D eigenvalue weighted by Crippen LogP contribution is -2.09. The largest absolute Gasteiger partial charge is 0.301 e. The number of aromatic nitrogens is 2. The van der Waals surface area contributed by atoms with Crippen LogP contribution in [0.15, 0.2) is 62.3 Å². The predicted octanol–water partition coefficient (Wildman–Crippen LogP) is 6.59. The third-order valence-corrected chi connectivity index (χ3v) is 7.72. The van der Waals surface area contributed by atoms with Gasteiger partial charge >= 0.3 is 0 Å². The van der Waals surface area contributed by atoms with Crippen LogP contribution in [0.2, 0.25) is 0 Å².